The van der Waals surface area contributed by atoms with E-state index in [0.29, 0.717) is 17.3 Å². The molecule has 0 aliphatic rings. The van der Waals surface area contributed by atoms with Gasteiger partial charge in [-0.15, -0.1) is 11.3 Å². The van der Waals surface area contributed by atoms with E-state index in [9.17, 15) is 4.79 Å². The first-order valence-electron chi connectivity index (χ1n) is 10.1. The normalized spacial score (nSPS) is 11.9. The lowest BCUT2D eigenvalue weighted by molar-refractivity contribution is 0.249. The Balaban J connectivity index is 1.42. The second-order valence-corrected chi connectivity index (χ2v) is 8.28. The highest BCUT2D eigenvalue weighted by molar-refractivity contribution is 7.21. The van der Waals surface area contributed by atoms with Crippen LogP contribution < -0.4 is 10.6 Å². The summed E-state index contributed by atoms with van der Waals surface area (Å²) in [6.45, 7) is 1.83. The summed E-state index contributed by atoms with van der Waals surface area (Å²) in [5.41, 5.74) is 3.38. The Morgan fingerprint density at radius 3 is 2.47 bits per heavy atom. The lowest BCUT2D eigenvalue weighted by Crippen LogP contribution is -2.34. The molecule has 2 aromatic heterocycles. The number of aromatic nitrogens is 4. The predicted octanol–water partition coefficient (Wildman–Crippen LogP) is 5.30. The van der Waals surface area contributed by atoms with Gasteiger partial charge in [0, 0.05) is 5.56 Å². The molecule has 1 unspecified atom stereocenters. The van der Waals surface area contributed by atoms with E-state index in [2.05, 4.69) is 25.8 Å². The Morgan fingerprint density at radius 1 is 0.938 bits per heavy atom. The highest BCUT2D eigenvalue weighted by Crippen LogP contribution is 2.34. The molecule has 2 heterocycles. The zero-order valence-electron chi connectivity index (χ0n) is 17.2. The third-order valence-corrected chi connectivity index (χ3v) is 6.05. The number of hydrogen-bond acceptors (Lipinski definition) is 5. The number of carbonyl (C=O) groups excluding carboxylic acids is 1. The topological polar surface area (TPSA) is 95.6 Å². The number of nitrogens with one attached hydrogen (secondary N) is 3. The third-order valence-electron chi connectivity index (χ3n) is 4.98. The fourth-order valence-electron chi connectivity index (χ4n) is 3.49. The van der Waals surface area contributed by atoms with E-state index in [1.807, 2.05) is 85.8 Å². The molecule has 5 rings (SSSR count). The molecular weight excluding hydrogens is 420 g/mol. The van der Waals surface area contributed by atoms with Gasteiger partial charge in [0.2, 0.25) is 0 Å². The summed E-state index contributed by atoms with van der Waals surface area (Å²) < 4.78 is 1.10. The van der Waals surface area contributed by atoms with Gasteiger partial charge in [-0.25, -0.2) is 14.8 Å². The zero-order valence-corrected chi connectivity index (χ0v) is 18.1. The Hall–Kier alpha value is -4.04. The van der Waals surface area contributed by atoms with E-state index in [0.717, 1.165) is 26.4 Å². The van der Waals surface area contributed by atoms with Gasteiger partial charge in [0.15, 0.2) is 5.82 Å². The molecule has 5 aromatic rings. The second-order valence-electron chi connectivity index (χ2n) is 7.25. The highest BCUT2D eigenvalue weighted by atomic mass is 32.1. The molecule has 0 aliphatic heterocycles. The Kier molecular flexibility index (Phi) is 5.35. The van der Waals surface area contributed by atoms with Crippen molar-refractivity contribution in [2.75, 3.05) is 5.32 Å². The number of aryl methyl sites for hydroxylation is 1. The lowest BCUT2D eigenvalue weighted by atomic mass is 10.1. The number of urea groups is 1. The average Bonchev–Trinajstić information content (AvgIpc) is 3.44. The lowest BCUT2D eigenvalue weighted by Gasteiger charge is -2.17. The standard InChI is InChI=1S/C24H20N6OS/c1-15-25-22(30-29-15)21(16-9-3-2-4-10-16)28-24(31)27-18-12-6-5-11-17(18)23-26-19-13-7-8-14-20(19)32-23/h2-14,21H,1H3,(H,25,29,30)(H2,27,28,31). The van der Waals surface area contributed by atoms with Crippen LogP contribution in [0.3, 0.4) is 0 Å². The Morgan fingerprint density at radius 2 is 1.69 bits per heavy atom. The van der Waals surface area contributed by atoms with Crippen molar-refractivity contribution in [3.05, 3.63) is 96.1 Å². The molecule has 3 N–H and O–H groups in total. The number of H-pyrrole nitrogens is 1. The van der Waals surface area contributed by atoms with Crippen molar-refractivity contribution in [3.63, 3.8) is 0 Å². The molecule has 1 atom stereocenters. The van der Waals surface area contributed by atoms with Gasteiger partial charge in [-0.05, 0) is 36.8 Å². The Bertz CT molecular complexity index is 1340. The average molecular weight is 441 g/mol. The maximum atomic E-state index is 13.0. The number of rotatable bonds is 5. The number of fused-ring (bicyclic) bond motifs is 1. The van der Waals surface area contributed by atoms with Gasteiger partial charge >= 0.3 is 6.03 Å². The van der Waals surface area contributed by atoms with Crippen LogP contribution in [0.2, 0.25) is 0 Å². The van der Waals surface area contributed by atoms with Crippen LogP contribution in [0.1, 0.15) is 23.3 Å². The first-order valence-corrected chi connectivity index (χ1v) is 11.0. The summed E-state index contributed by atoms with van der Waals surface area (Å²) in [6.07, 6.45) is 0. The molecular formula is C24H20N6OS. The number of hydrogen-bond donors (Lipinski definition) is 3. The van der Waals surface area contributed by atoms with Crippen LogP contribution in [0.4, 0.5) is 10.5 Å². The number of amides is 2. The Labute approximate surface area is 188 Å². The van der Waals surface area contributed by atoms with Crippen molar-refractivity contribution in [2.45, 2.75) is 13.0 Å². The summed E-state index contributed by atoms with van der Waals surface area (Å²) in [7, 11) is 0. The van der Waals surface area contributed by atoms with Crippen molar-refractivity contribution >= 4 is 33.3 Å². The van der Waals surface area contributed by atoms with E-state index in [1.165, 1.54) is 0 Å². The van der Waals surface area contributed by atoms with E-state index < -0.39 is 6.04 Å². The van der Waals surface area contributed by atoms with Gasteiger partial charge < -0.3 is 10.6 Å². The molecule has 158 valence electrons. The van der Waals surface area contributed by atoms with Crippen molar-refractivity contribution in [3.8, 4) is 10.6 Å². The zero-order chi connectivity index (χ0) is 21.9. The molecule has 0 saturated carbocycles. The van der Waals surface area contributed by atoms with Crippen LogP contribution >= 0.6 is 11.3 Å². The number of nitrogens with zero attached hydrogens (tertiary/aromatic N) is 3. The maximum absolute atomic E-state index is 13.0. The number of benzene rings is 3. The summed E-state index contributed by atoms with van der Waals surface area (Å²) in [5, 5.41) is 13.9. The van der Waals surface area contributed by atoms with Gasteiger partial charge in [-0.2, -0.15) is 5.10 Å². The van der Waals surface area contributed by atoms with Crippen LogP contribution in [-0.4, -0.2) is 26.2 Å². The van der Waals surface area contributed by atoms with Gasteiger partial charge in [-0.1, -0.05) is 54.6 Å². The van der Waals surface area contributed by atoms with Gasteiger partial charge in [0.1, 0.15) is 16.9 Å². The van der Waals surface area contributed by atoms with E-state index >= 15 is 0 Å². The molecule has 0 radical (unpaired) electrons. The quantitative estimate of drug-likeness (QED) is 0.345. The van der Waals surface area contributed by atoms with Crippen molar-refractivity contribution in [2.24, 2.45) is 0 Å². The van der Waals surface area contributed by atoms with Crippen molar-refractivity contribution in [1.82, 2.24) is 25.5 Å². The highest BCUT2D eigenvalue weighted by Gasteiger charge is 2.21. The molecule has 0 saturated heterocycles. The van der Waals surface area contributed by atoms with E-state index in [4.69, 9.17) is 4.98 Å². The predicted molar refractivity (Wildman–Crippen MR) is 127 cm³/mol. The monoisotopic (exact) mass is 440 g/mol. The van der Waals surface area contributed by atoms with Crippen LogP contribution in [0, 0.1) is 6.92 Å². The number of thiazole rings is 1. The SMILES string of the molecule is Cc1nc(C(NC(=O)Nc2ccccc2-c2nc3ccccc3s2)c2ccccc2)n[nH]1. The first kappa shape index (κ1) is 19.9. The minimum Gasteiger partial charge on any atom is -0.324 e. The van der Waals surface area contributed by atoms with Crippen LogP contribution in [-0.2, 0) is 0 Å². The number of aromatic amines is 1. The van der Waals surface area contributed by atoms with Crippen molar-refractivity contribution in [1.29, 1.82) is 0 Å². The molecule has 0 bridgehead atoms. The number of carbonyl (C=O) groups is 1. The molecule has 32 heavy (non-hydrogen) atoms. The summed E-state index contributed by atoms with van der Waals surface area (Å²) in [5.74, 6) is 1.19. The second kappa shape index (κ2) is 8.60. The largest absolute Gasteiger partial charge is 0.324 e. The minimum absolute atomic E-state index is 0.352. The number of para-hydroxylation sites is 2. The molecule has 0 aliphatic carbocycles. The van der Waals surface area contributed by atoms with Gasteiger partial charge in [-0.3, -0.25) is 5.10 Å². The summed E-state index contributed by atoms with van der Waals surface area (Å²) in [6, 6.07) is 24.5. The van der Waals surface area contributed by atoms with Crippen LogP contribution in [0.5, 0.6) is 0 Å². The maximum Gasteiger partial charge on any atom is 0.320 e. The smallest absolute Gasteiger partial charge is 0.320 e. The van der Waals surface area contributed by atoms with E-state index in [-0.39, 0.29) is 6.03 Å². The molecule has 8 heteroatoms. The summed E-state index contributed by atoms with van der Waals surface area (Å²) in [4.78, 5) is 22.2. The molecule has 0 fully saturated rings. The molecule has 3 aromatic carbocycles. The summed E-state index contributed by atoms with van der Waals surface area (Å²) >= 11 is 1.60. The fourth-order valence-corrected chi connectivity index (χ4v) is 4.49. The first-order chi connectivity index (χ1) is 15.7. The van der Waals surface area contributed by atoms with E-state index in [1.54, 1.807) is 11.3 Å². The van der Waals surface area contributed by atoms with Crippen molar-refractivity contribution < 1.29 is 4.79 Å². The fraction of sp³-hybridized carbons (Fsp3) is 0.0833. The molecule has 0 spiro atoms. The molecule has 2 amide bonds. The van der Waals surface area contributed by atoms with Crippen LogP contribution in [0.25, 0.3) is 20.8 Å². The third kappa shape index (κ3) is 4.08. The van der Waals surface area contributed by atoms with Crippen LogP contribution in [0.15, 0.2) is 78.9 Å². The molecule has 7 nitrogen and oxygen atoms in total. The van der Waals surface area contributed by atoms with Gasteiger partial charge in [0.25, 0.3) is 0 Å². The minimum atomic E-state index is -0.490. The number of anilines is 1. The van der Waals surface area contributed by atoms with Gasteiger partial charge in [0.05, 0.1) is 15.9 Å².